The van der Waals surface area contributed by atoms with Gasteiger partial charge in [-0.05, 0) is 11.5 Å². The molecule has 3 nitrogen and oxygen atoms in total. The van der Waals surface area contributed by atoms with Crippen molar-refractivity contribution < 1.29 is 0 Å². The predicted octanol–water partition coefficient (Wildman–Crippen LogP) is 1.91. The summed E-state index contributed by atoms with van der Waals surface area (Å²) in [5.74, 6) is 2.93. The number of hydrogen-bond donors (Lipinski definition) is 2. The van der Waals surface area contributed by atoms with E-state index < -0.39 is 0 Å². The van der Waals surface area contributed by atoms with Crippen LogP contribution < -0.4 is 5.32 Å². The number of H-pyrrole nitrogens is 1. The van der Waals surface area contributed by atoms with E-state index in [1.54, 1.807) is 0 Å². The molecule has 1 atom stereocenters. The molecule has 1 saturated heterocycles. The van der Waals surface area contributed by atoms with Gasteiger partial charge in [0.05, 0.1) is 17.9 Å². The quantitative estimate of drug-likeness (QED) is 0.785. The zero-order valence-electron chi connectivity index (χ0n) is 8.71. The lowest BCUT2D eigenvalue weighted by Crippen LogP contribution is -2.31. The first kappa shape index (κ1) is 10.1. The van der Waals surface area contributed by atoms with Gasteiger partial charge >= 0.3 is 0 Å². The van der Waals surface area contributed by atoms with E-state index in [4.69, 9.17) is 0 Å². The lowest BCUT2D eigenvalue weighted by Gasteiger charge is -2.23. The van der Waals surface area contributed by atoms with Gasteiger partial charge in [0.25, 0.3) is 0 Å². The monoisotopic (exact) mass is 211 g/mol. The average Bonchev–Trinajstić information content (AvgIpc) is 2.67. The van der Waals surface area contributed by atoms with Gasteiger partial charge < -0.3 is 5.32 Å². The molecule has 0 aliphatic carbocycles. The van der Waals surface area contributed by atoms with Crippen molar-refractivity contribution in [2.75, 3.05) is 18.1 Å². The normalized spacial score (nSPS) is 22.9. The van der Waals surface area contributed by atoms with Crippen LogP contribution in [0.1, 0.15) is 37.1 Å². The molecule has 0 saturated carbocycles. The smallest absolute Gasteiger partial charge is 0.0584 e. The van der Waals surface area contributed by atoms with Crippen molar-refractivity contribution in [2.24, 2.45) is 0 Å². The minimum absolute atomic E-state index is 0.466. The molecule has 0 radical (unpaired) electrons. The maximum absolute atomic E-state index is 4.14. The Balaban J connectivity index is 2.17. The molecule has 2 rings (SSSR count). The highest BCUT2D eigenvalue weighted by atomic mass is 32.2. The second-order valence-electron chi connectivity index (χ2n) is 3.98. The van der Waals surface area contributed by atoms with Crippen molar-refractivity contribution in [2.45, 2.75) is 25.8 Å². The first-order chi connectivity index (χ1) is 6.79. The molecule has 2 heterocycles. The Labute approximate surface area is 89.1 Å². The summed E-state index contributed by atoms with van der Waals surface area (Å²) in [6, 6.07) is 0.466. The van der Waals surface area contributed by atoms with Gasteiger partial charge in [0.1, 0.15) is 0 Å². The Morgan fingerprint density at radius 2 is 2.43 bits per heavy atom. The molecule has 78 valence electrons. The molecule has 1 aliphatic heterocycles. The Hall–Kier alpha value is -0.480. The first-order valence-corrected chi connectivity index (χ1v) is 6.29. The van der Waals surface area contributed by atoms with E-state index in [0.717, 1.165) is 12.3 Å². The van der Waals surface area contributed by atoms with Crippen LogP contribution in [0.4, 0.5) is 0 Å². The summed E-state index contributed by atoms with van der Waals surface area (Å²) < 4.78 is 0. The molecule has 14 heavy (non-hydrogen) atoms. The van der Waals surface area contributed by atoms with E-state index >= 15 is 0 Å². The Kier molecular flexibility index (Phi) is 3.13. The van der Waals surface area contributed by atoms with Crippen LogP contribution in [0, 0.1) is 0 Å². The van der Waals surface area contributed by atoms with Gasteiger partial charge in [-0.25, -0.2) is 0 Å². The van der Waals surface area contributed by atoms with Crippen LogP contribution >= 0.6 is 11.8 Å². The summed E-state index contributed by atoms with van der Waals surface area (Å²) >= 11 is 2.01. The molecular formula is C10H17N3S. The largest absolute Gasteiger partial charge is 0.307 e. The molecule has 4 heteroatoms. The number of aromatic amines is 1. The van der Waals surface area contributed by atoms with E-state index in [1.165, 1.54) is 17.0 Å². The van der Waals surface area contributed by atoms with Crippen LogP contribution in [-0.2, 0) is 0 Å². The minimum Gasteiger partial charge on any atom is -0.307 e. The highest BCUT2D eigenvalue weighted by Gasteiger charge is 2.20. The molecule has 1 fully saturated rings. The summed E-state index contributed by atoms with van der Waals surface area (Å²) in [6.45, 7) is 5.53. The van der Waals surface area contributed by atoms with Crippen LogP contribution in [-0.4, -0.2) is 28.2 Å². The second-order valence-corrected chi connectivity index (χ2v) is 5.13. The van der Waals surface area contributed by atoms with E-state index in [1.807, 2.05) is 18.0 Å². The number of thioether (sulfide) groups is 1. The summed E-state index contributed by atoms with van der Waals surface area (Å²) in [5, 5.41) is 10.8. The SMILES string of the molecule is CC(C)c1cn[nH]c1C1CSCCN1. The lowest BCUT2D eigenvalue weighted by atomic mass is 10.0. The van der Waals surface area contributed by atoms with Crippen molar-refractivity contribution in [1.82, 2.24) is 15.5 Å². The van der Waals surface area contributed by atoms with Gasteiger partial charge in [0.2, 0.25) is 0 Å². The van der Waals surface area contributed by atoms with E-state index in [-0.39, 0.29) is 0 Å². The maximum Gasteiger partial charge on any atom is 0.0584 e. The third-order valence-corrected chi connectivity index (χ3v) is 3.65. The van der Waals surface area contributed by atoms with Gasteiger partial charge in [-0.1, -0.05) is 13.8 Å². The minimum atomic E-state index is 0.466. The molecule has 0 aromatic carbocycles. The van der Waals surface area contributed by atoms with Crippen LogP contribution in [0.15, 0.2) is 6.20 Å². The van der Waals surface area contributed by atoms with E-state index in [0.29, 0.717) is 12.0 Å². The Bertz CT molecular complexity index is 289. The zero-order chi connectivity index (χ0) is 9.97. The maximum atomic E-state index is 4.14. The van der Waals surface area contributed by atoms with Crippen molar-refractivity contribution in [3.8, 4) is 0 Å². The van der Waals surface area contributed by atoms with Crippen molar-refractivity contribution in [1.29, 1.82) is 0 Å². The lowest BCUT2D eigenvalue weighted by molar-refractivity contribution is 0.571. The number of nitrogens with zero attached hydrogens (tertiary/aromatic N) is 1. The highest BCUT2D eigenvalue weighted by Crippen LogP contribution is 2.26. The van der Waals surface area contributed by atoms with Gasteiger partial charge in [-0.2, -0.15) is 16.9 Å². The topological polar surface area (TPSA) is 40.7 Å². The fraction of sp³-hybridized carbons (Fsp3) is 0.700. The van der Waals surface area contributed by atoms with Crippen LogP contribution in [0.3, 0.4) is 0 Å². The predicted molar refractivity (Wildman–Crippen MR) is 60.7 cm³/mol. The molecule has 0 amide bonds. The average molecular weight is 211 g/mol. The van der Waals surface area contributed by atoms with Gasteiger partial charge in [-0.3, -0.25) is 5.10 Å². The van der Waals surface area contributed by atoms with E-state index in [2.05, 4.69) is 29.4 Å². The third-order valence-electron chi connectivity index (χ3n) is 2.59. The summed E-state index contributed by atoms with van der Waals surface area (Å²) in [5.41, 5.74) is 2.64. The third kappa shape index (κ3) is 1.96. The summed E-state index contributed by atoms with van der Waals surface area (Å²) in [6.07, 6.45) is 1.96. The van der Waals surface area contributed by atoms with Gasteiger partial charge in [-0.15, -0.1) is 0 Å². The Morgan fingerprint density at radius 1 is 1.57 bits per heavy atom. The standard InChI is InChI=1S/C10H17N3S/c1-7(2)8-5-12-13-10(8)9-6-14-4-3-11-9/h5,7,9,11H,3-4,6H2,1-2H3,(H,12,13). The first-order valence-electron chi connectivity index (χ1n) is 5.13. The Morgan fingerprint density at radius 3 is 3.07 bits per heavy atom. The molecule has 0 bridgehead atoms. The van der Waals surface area contributed by atoms with Gasteiger partial charge in [0, 0.05) is 18.1 Å². The molecule has 0 spiro atoms. The molecule has 1 unspecified atom stereocenters. The summed E-state index contributed by atoms with van der Waals surface area (Å²) in [7, 11) is 0. The molecule has 1 aromatic heterocycles. The van der Waals surface area contributed by atoms with Gasteiger partial charge in [0.15, 0.2) is 0 Å². The van der Waals surface area contributed by atoms with Crippen molar-refractivity contribution >= 4 is 11.8 Å². The number of rotatable bonds is 2. The highest BCUT2D eigenvalue weighted by molar-refractivity contribution is 7.99. The fourth-order valence-electron chi connectivity index (χ4n) is 1.80. The fourth-order valence-corrected chi connectivity index (χ4v) is 2.74. The number of hydrogen-bond acceptors (Lipinski definition) is 3. The molecule has 1 aliphatic rings. The second kappa shape index (κ2) is 4.36. The van der Waals surface area contributed by atoms with Crippen molar-refractivity contribution in [3.63, 3.8) is 0 Å². The number of nitrogens with one attached hydrogen (secondary N) is 2. The zero-order valence-corrected chi connectivity index (χ0v) is 9.53. The van der Waals surface area contributed by atoms with Crippen LogP contribution in [0.25, 0.3) is 0 Å². The summed E-state index contributed by atoms with van der Waals surface area (Å²) in [4.78, 5) is 0. The molecule has 2 N–H and O–H groups in total. The van der Waals surface area contributed by atoms with Crippen LogP contribution in [0.5, 0.6) is 0 Å². The van der Waals surface area contributed by atoms with E-state index in [9.17, 15) is 0 Å². The molecule has 1 aromatic rings. The van der Waals surface area contributed by atoms with Crippen molar-refractivity contribution in [3.05, 3.63) is 17.5 Å². The van der Waals surface area contributed by atoms with Crippen LogP contribution in [0.2, 0.25) is 0 Å². The molecular weight excluding hydrogens is 194 g/mol. The number of aromatic nitrogens is 2.